The van der Waals surface area contributed by atoms with Gasteiger partial charge in [0.2, 0.25) is 0 Å². The first-order valence-corrected chi connectivity index (χ1v) is 5.85. The van der Waals surface area contributed by atoms with Crippen molar-refractivity contribution in [1.29, 1.82) is 0 Å². The summed E-state index contributed by atoms with van der Waals surface area (Å²) in [6, 6.07) is 0. The van der Waals surface area contributed by atoms with Crippen LogP contribution in [-0.2, 0) is 4.74 Å². The molecule has 0 saturated carbocycles. The zero-order valence-corrected chi connectivity index (χ0v) is 11.1. The van der Waals surface area contributed by atoms with Crippen molar-refractivity contribution in [1.82, 2.24) is 0 Å². The zero-order chi connectivity index (χ0) is 11.4. The molecule has 0 N–H and O–H groups in total. The minimum Gasteiger partial charge on any atom is -0.376 e. The zero-order valence-electron chi connectivity index (χ0n) is 11.1. The lowest BCUT2D eigenvalue weighted by Crippen LogP contribution is -2.27. The summed E-state index contributed by atoms with van der Waals surface area (Å²) in [4.78, 5) is 0. The van der Waals surface area contributed by atoms with Gasteiger partial charge in [-0.25, -0.2) is 0 Å². The van der Waals surface area contributed by atoms with Gasteiger partial charge in [0.15, 0.2) is 0 Å². The lowest BCUT2D eigenvalue weighted by molar-refractivity contribution is -0.0349. The van der Waals surface area contributed by atoms with Crippen molar-refractivity contribution < 1.29 is 4.74 Å². The van der Waals surface area contributed by atoms with E-state index in [1.54, 1.807) is 0 Å². The van der Waals surface area contributed by atoms with Crippen molar-refractivity contribution in [3.63, 3.8) is 0 Å². The van der Waals surface area contributed by atoms with Gasteiger partial charge in [-0.3, -0.25) is 0 Å². The van der Waals surface area contributed by atoms with Gasteiger partial charge in [-0.15, -0.1) is 0 Å². The molecular weight excluding hydrogens is 172 g/mol. The first-order chi connectivity index (χ1) is 6.21. The summed E-state index contributed by atoms with van der Waals surface area (Å²) in [6.45, 7) is 16.6. The molecule has 0 saturated heterocycles. The van der Waals surface area contributed by atoms with E-state index in [0.29, 0.717) is 5.41 Å². The summed E-state index contributed by atoms with van der Waals surface area (Å²) in [5.74, 6) is 0.718. The lowest BCUT2D eigenvalue weighted by Gasteiger charge is -2.31. The van der Waals surface area contributed by atoms with Gasteiger partial charge in [0.1, 0.15) is 0 Å². The van der Waals surface area contributed by atoms with Crippen molar-refractivity contribution in [3.8, 4) is 0 Å². The minimum atomic E-state index is 0.0487. The molecule has 1 heteroatoms. The van der Waals surface area contributed by atoms with E-state index in [2.05, 4.69) is 48.5 Å². The van der Waals surface area contributed by atoms with Crippen molar-refractivity contribution >= 4 is 0 Å². The maximum absolute atomic E-state index is 5.86. The van der Waals surface area contributed by atoms with Gasteiger partial charge < -0.3 is 4.74 Å². The molecule has 0 fully saturated rings. The van der Waals surface area contributed by atoms with Crippen LogP contribution in [0.15, 0.2) is 0 Å². The third kappa shape index (κ3) is 4.99. The molecule has 0 aliphatic carbocycles. The van der Waals surface area contributed by atoms with Crippen molar-refractivity contribution in [3.05, 3.63) is 0 Å². The quantitative estimate of drug-likeness (QED) is 0.622. The van der Waals surface area contributed by atoms with Gasteiger partial charge in [0.05, 0.1) is 5.60 Å². The van der Waals surface area contributed by atoms with E-state index in [4.69, 9.17) is 4.74 Å². The standard InChI is InChI=1S/C13H28O/c1-8-13(6,7)14-10-9-12(4,5)11(2)3/h11H,8-10H2,1-7H3. The highest BCUT2D eigenvalue weighted by molar-refractivity contribution is 4.73. The molecule has 0 heterocycles. The van der Waals surface area contributed by atoms with Gasteiger partial charge in [-0.1, -0.05) is 34.6 Å². The Balaban J connectivity index is 3.85. The molecular formula is C13H28O. The van der Waals surface area contributed by atoms with Crippen molar-refractivity contribution in [2.24, 2.45) is 11.3 Å². The van der Waals surface area contributed by atoms with Crippen LogP contribution < -0.4 is 0 Å². The summed E-state index contributed by atoms with van der Waals surface area (Å²) in [5, 5.41) is 0. The second kappa shape index (κ2) is 5.16. The van der Waals surface area contributed by atoms with Gasteiger partial charge in [-0.2, -0.15) is 0 Å². The van der Waals surface area contributed by atoms with Crippen LogP contribution in [0.2, 0.25) is 0 Å². The number of ether oxygens (including phenoxy) is 1. The average Bonchev–Trinajstić information content (AvgIpc) is 2.03. The first-order valence-electron chi connectivity index (χ1n) is 5.85. The predicted octanol–water partition coefficient (Wildman–Crippen LogP) is 4.26. The monoisotopic (exact) mass is 200 g/mol. The largest absolute Gasteiger partial charge is 0.376 e. The Morgan fingerprint density at radius 2 is 1.57 bits per heavy atom. The van der Waals surface area contributed by atoms with E-state index >= 15 is 0 Å². The molecule has 0 aromatic heterocycles. The summed E-state index contributed by atoms with van der Waals surface area (Å²) in [6.07, 6.45) is 2.23. The van der Waals surface area contributed by atoms with Gasteiger partial charge >= 0.3 is 0 Å². The maximum Gasteiger partial charge on any atom is 0.0623 e. The lowest BCUT2D eigenvalue weighted by atomic mass is 9.79. The summed E-state index contributed by atoms with van der Waals surface area (Å²) in [5.41, 5.74) is 0.441. The summed E-state index contributed by atoms with van der Waals surface area (Å²) >= 11 is 0. The van der Waals surface area contributed by atoms with Crippen LogP contribution in [0, 0.1) is 11.3 Å². The van der Waals surface area contributed by atoms with E-state index in [0.717, 1.165) is 25.4 Å². The van der Waals surface area contributed by atoms with E-state index in [9.17, 15) is 0 Å². The smallest absolute Gasteiger partial charge is 0.0623 e. The normalized spacial score (nSPS) is 13.7. The molecule has 0 unspecified atom stereocenters. The molecule has 0 radical (unpaired) electrons. The predicted molar refractivity (Wildman–Crippen MR) is 63.6 cm³/mol. The summed E-state index contributed by atoms with van der Waals surface area (Å²) < 4.78 is 5.86. The Labute approximate surface area is 90.2 Å². The Hall–Kier alpha value is -0.0400. The van der Waals surface area contributed by atoms with Crippen LogP contribution in [0.3, 0.4) is 0 Å². The minimum absolute atomic E-state index is 0.0487. The highest BCUT2D eigenvalue weighted by Crippen LogP contribution is 2.30. The average molecular weight is 200 g/mol. The summed E-state index contributed by atoms with van der Waals surface area (Å²) in [7, 11) is 0. The molecule has 0 rings (SSSR count). The third-order valence-electron chi connectivity index (χ3n) is 3.65. The van der Waals surface area contributed by atoms with Gasteiger partial charge in [-0.05, 0) is 38.0 Å². The fourth-order valence-electron chi connectivity index (χ4n) is 0.981. The third-order valence-corrected chi connectivity index (χ3v) is 3.65. The molecule has 0 amide bonds. The highest BCUT2D eigenvalue weighted by atomic mass is 16.5. The molecule has 0 atom stereocenters. The van der Waals surface area contributed by atoms with Crippen LogP contribution in [-0.4, -0.2) is 12.2 Å². The fraction of sp³-hybridized carbons (Fsp3) is 1.00. The van der Waals surface area contributed by atoms with E-state index in [1.807, 2.05) is 0 Å². The molecule has 1 nitrogen and oxygen atoms in total. The molecule has 0 aromatic carbocycles. The second-order valence-corrected chi connectivity index (χ2v) is 5.85. The molecule has 0 aromatic rings. The van der Waals surface area contributed by atoms with Gasteiger partial charge in [0, 0.05) is 6.61 Å². The fourth-order valence-corrected chi connectivity index (χ4v) is 0.981. The maximum atomic E-state index is 5.86. The Morgan fingerprint density at radius 1 is 1.07 bits per heavy atom. The van der Waals surface area contributed by atoms with E-state index < -0.39 is 0 Å². The van der Waals surface area contributed by atoms with Gasteiger partial charge in [0.25, 0.3) is 0 Å². The van der Waals surface area contributed by atoms with Crippen LogP contribution in [0.25, 0.3) is 0 Å². The Bertz CT molecular complexity index is 157. The number of rotatable bonds is 6. The van der Waals surface area contributed by atoms with Crippen LogP contribution in [0.5, 0.6) is 0 Å². The molecule has 0 aliphatic rings. The van der Waals surface area contributed by atoms with E-state index in [1.165, 1.54) is 0 Å². The molecule has 0 bridgehead atoms. The van der Waals surface area contributed by atoms with Crippen LogP contribution in [0.1, 0.15) is 61.3 Å². The molecule has 14 heavy (non-hydrogen) atoms. The molecule has 86 valence electrons. The topological polar surface area (TPSA) is 9.23 Å². The Kier molecular flexibility index (Phi) is 5.14. The van der Waals surface area contributed by atoms with Crippen molar-refractivity contribution in [2.75, 3.05) is 6.61 Å². The highest BCUT2D eigenvalue weighted by Gasteiger charge is 2.23. The van der Waals surface area contributed by atoms with E-state index in [-0.39, 0.29) is 5.60 Å². The SMILES string of the molecule is CCC(C)(C)OCCC(C)(C)C(C)C. The number of hydrogen-bond donors (Lipinski definition) is 0. The second-order valence-electron chi connectivity index (χ2n) is 5.85. The first kappa shape index (κ1) is 14.0. The molecule has 0 aliphatic heterocycles. The number of hydrogen-bond acceptors (Lipinski definition) is 1. The van der Waals surface area contributed by atoms with Crippen LogP contribution in [0.4, 0.5) is 0 Å². The van der Waals surface area contributed by atoms with Crippen molar-refractivity contribution in [2.45, 2.75) is 66.9 Å². The Morgan fingerprint density at radius 3 is 1.93 bits per heavy atom. The molecule has 0 spiro atoms. The van der Waals surface area contributed by atoms with Crippen LogP contribution >= 0.6 is 0 Å².